The van der Waals surface area contributed by atoms with E-state index in [9.17, 15) is 0 Å². The fourth-order valence-electron chi connectivity index (χ4n) is 2.84. The average Bonchev–Trinajstić information content (AvgIpc) is 2.79. The van der Waals surface area contributed by atoms with Crippen molar-refractivity contribution in [3.05, 3.63) is 23.8 Å². The molecule has 4 heteroatoms. The maximum Gasteiger partial charge on any atom is 0.161 e. The molecule has 100 valence electrons. The SMILES string of the molecule is COc1ccc(C2C(CN)CCN2C)cc1OC. The van der Waals surface area contributed by atoms with Crippen molar-refractivity contribution in [2.45, 2.75) is 12.5 Å². The van der Waals surface area contributed by atoms with Gasteiger partial charge in [-0.05, 0) is 50.2 Å². The van der Waals surface area contributed by atoms with Crippen LogP contribution in [0.5, 0.6) is 11.5 Å². The second-order valence-corrected chi connectivity index (χ2v) is 4.82. The minimum atomic E-state index is 0.384. The Morgan fingerprint density at radius 1 is 1.28 bits per heavy atom. The van der Waals surface area contributed by atoms with Gasteiger partial charge in [-0.3, -0.25) is 4.90 Å². The highest BCUT2D eigenvalue weighted by molar-refractivity contribution is 5.44. The van der Waals surface area contributed by atoms with Gasteiger partial charge in [-0.1, -0.05) is 6.07 Å². The highest BCUT2D eigenvalue weighted by atomic mass is 16.5. The van der Waals surface area contributed by atoms with E-state index in [1.54, 1.807) is 14.2 Å². The lowest BCUT2D eigenvalue weighted by Gasteiger charge is -2.25. The lowest BCUT2D eigenvalue weighted by Crippen LogP contribution is -2.25. The minimum Gasteiger partial charge on any atom is -0.493 e. The Kier molecular flexibility index (Phi) is 4.09. The van der Waals surface area contributed by atoms with E-state index in [1.807, 2.05) is 6.07 Å². The first kappa shape index (κ1) is 13.2. The predicted molar refractivity (Wildman–Crippen MR) is 72.1 cm³/mol. The van der Waals surface area contributed by atoms with Crippen molar-refractivity contribution in [3.8, 4) is 11.5 Å². The summed E-state index contributed by atoms with van der Waals surface area (Å²) in [7, 11) is 5.47. The topological polar surface area (TPSA) is 47.7 Å². The van der Waals surface area contributed by atoms with E-state index in [-0.39, 0.29) is 0 Å². The number of likely N-dealkylation sites (tertiary alicyclic amines) is 1. The summed E-state index contributed by atoms with van der Waals surface area (Å²) in [5.74, 6) is 2.07. The first-order valence-corrected chi connectivity index (χ1v) is 6.33. The molecule has 0 bridgehead atoms. The van der Waals surface area contributed by atoms with Gasteiger partial charge in [0.2, 0.25) is 0 Å². The van der Waals surface area contributed by atoms with Gasteiger partial charge < -0.3 is 15.2 Å². The first-order chi connectivity index (χ1) is 8.71. The number of rotatable bonds is 4. The van der Waals surface area contributed by atoms with Gasteiger partial charge in [0.05, 0.1) is 14.2 Å². The van der Waals surface area contributed by atoms with Gasteiger partial charge in [0, 0.05) is 6.04 Å². The number of methoxy groups -OCH3 is 2. The molecule has 2 N–H and O–H groups in total. The smallest absolute Gasteiger partial charge is 0.161 e. The zero-order valence-electron chi connectivity index (χ0n) is 11.3. The van der Waals surface area contributed by atoms with Crippen molar-refractivity contribution in [1.29, 1.82) is 0 Å². The molecule has 4 nitrogen and oxygen atoms in total. The van der Waals surface area contributed by atoms with Crippen LogP contribution in [-0.2, 0) is 0 Å². The average molecular weight is 250 g/mol. The fraction of sp³-hybridized carbons (Fsp3) is 0.571. The highest BCUT2D eigenvalue weighted by Crippen LogP contribution is 2.38. The third-order valence-electron chi connectivity index (χ3n) is 3.83. The monoisotopic (exact) mass is 250 g/mol. The molecule has 1 saturated heterocycles. The molecule has 0 saturated carbocycles. The standard InChI is InChI=1S/C14H22N2O2/c1-16-7-6-11(9-15)14(16)10-4-5-12(17-2)13(8-10)18-3/h4-5,8,11,14H,6-7,9,15H2,1-3H3. The van der Waals surface area contributed by atoms with Crippen LogP contribution in [0.25, 0.3) is 0 Å². The second kappa shape index (κ2) is 5.59. The van der Waals surface area contributed by atoms with Gasteiger partial charge in [0.1, 0.15) is 0 Å². The summed E-state index contributed by atoms with van der Waals surface area (Å²) in [5, 5.41) is 0. The molecule has 1 aliphatic heterocycles. The minimum absolute atomic E-state index is 0.384. The zero-order valence-corrected chi connectivity index (χ0v) is 11.3. The molecule has 2 atom stereocenters. The van der Waals surface area contributed by atoms with E-state index < -0.39 is 0 Å². The Morgan fingerprint density at radius 2 is 2.00 bits per heavy atom. The summed E-state index contributed by atoms with van der Waals surface area (Å²) >= 11 is 0. The number of benzene rings is 1. The van der Waals surface area contributed by atoms with E-state index in [2.05, 4.69) is 24.1 Å². The molecule has 0 aliphatic carbocycles. The van der Waals surface area contributed by atoms with Gasteiger partial charge in [0.25, 0.3) is 0 Å². The summed E-state index contributed by atoms with van der Waals surface area (Å²) in [4.78, 5) is 2.36. The molecule has 0 spiro atoms. The van der Waals surface area contributed by atoms with Crippen LogP contribution in [-0.4, -0.2) is 39.3 Å². The predicted octanol–water partition coefficient (Wildman–Crippen LogP) is 1.66. The highest BCUT2D eigenvalue weighted by Gasteiger charge is 2.32. The van der Waals surface area contributed by atoms with Crippen molar-refractivity contribution in [3.63, 3.8) is 0 Å². The number of hydrogen-bond acceptors (Lipinski definition) is 4. The Bertz CT molecular complexity index is 409. The van der Waals surface area contributed by atoms with E-state index in [1.165, 1.54) is 5.56 Å². The zero-order chi connectivity index (χ0) is 13.1. The molecular weight excluding hydrogens is 228 g/mol. The third-order valence-corrected chi connectivity index (χ3v) is 3.83. The summed E-state index contributed by atoms with van der Waals surface area (Å²) in [6.45, 7) is 1.82. The molecule has 18 heavy (non-hydrogen) atoms. The summed E-state index contributed by atoms with van der Waals surface area (Å²) in [5.41, 5.74) is 7.12. The first-order valence-electron chi connectivity index (χ1n) is 6.33. The number of ether oxygens (including phenoxy) is 2. The molecule has 0 radical (unpaired) electrons. The Labute approximate surface area is 109 Å². The fourth-order valence-corrected chi connectivity index (χ4v) is 2.84. The quantitative estimate of drug-likeness (QED) is 0.883. The van der Waals surface area contributed by atoms with Gasteiger partial charge in [-0.2, -0.15) is 0 Å². The molecule has 0 amide bonds. The van der Waals surface area contributed by atoms with E-state index in [0.717, 1.165) is 31.0 Å². The maximum atomic E-state index is 5.87. The molecule has 1 aromatic carbocycles. The molecule has 2 rings (SSSR count). The number of nitrogens with zero attached hydrogens (tertiary/aromatic N) is 1. The Balaban J connectivity index is 2.32. The molecule has 1 fully saturated rings. The third kappa shape index (κ3) is 2.31. The van der Waals surface area contributed by atoms with E-state index >= 15 is 0 Å². The second-order valence-electron chi connectivity index (χ2n) is 4.82. The van der Waals surface area contributed by atoms with E-state index in [0.29, 0.717) is 12.0 Å². The van der Waals surface area contributed by atoms with Crippen LogP contribution in [0.4, 0.5) is 0 Å². The molecule has 0 aromatic heterocycles. The van der Waals surface area contributed by atoms with Gasteiger partial charge >= 0.3 is 0 Å². The van der Waals surface area contributed by atoms with Crippen LogP contribution in [0.2, 0.25) is 0 Å². The normalized spacial score (nSPS) is 24.2. The van der Waals surface area contributed by atoms with Crippen LogP contribution < -0.4 is 15.2 Å². The van der Waals surface area contributed by atoms with Crippen molar-refractivity contribution in [2.75, 3.05) is 34.4 Å². The van der Waals surface area contributed by atoms with Gasteiger partial charge in [0.15, 0.2) is 11.5 Å². The molecule has 1 aliphatic rings. The summed E-state index contributed by atoms with van der Waals surface area (Å²) in [6.07, 6.45) is 1.16. The molecule has 1 heterocycles. The summed E-state index contributed by atoms with van der Waals surface area (Å²) in [6, 6.07) is 6.52. The molecule has 2 unspecified atom stereocenters. The van der Waals surface area contributed by atoms with Crippen LogP contribution in [0.15, 0.2) is 18.2 Å². The van der Waals surface area contributed by atoms with Crippen molar-refractivity contribution < 1.29 is 9.47 Å². The molecule has 1 aromatic rings. The Morgan fingerprint density at radius 3 is 2.61 bits per heavy atom. The maximum absolute atomic E-state index is 5.87. The summed E-state index contributed by atoms with van der Waals surface area (Å²) < 4.78 is 10.6. The lowest BCUT2D eigenvalue weighted by atomic mass is 9.93. The van der Waals surface area contributed by atoms with Crippen LogP contribution >= 0.6 is 0 Å². The largest absolute Gasteiger partial charge is 0.493 e. The van der Waals surface area contributed by atoms with Crippen molar-refractivity contribution >= 4 is 0 Å². The van der Waals surface area contributed by atoms with Crippen LogP contribution in [0.1, 0.15) is 18.0 Å². The Hall–Kier alpha value is -1.26. The van der Waals surface area contributed by atoms with Crippen LogP contribution in [0.3, 0.4) is 0 Å². The van der Waals surface area contributed by atoms with E-state index in [4.69, 9.17) is 15.2 Å². The number of nitrogens with two attached hydrogens (primary N) is 1. The van der Waals surface area contributed by atoms with Crippen LogP contribution in [0, 0.1) is 5.92 Å². The molecular formula is C14H22N2O2. The van der Waals surface area contributed by atoms with Gasteiger partial charge in [-0.25, -0.2) is 0 Å². The lowest BCUT2D eigenvalue weighted by molar-refractivity contribution is 0.278. The van der Waals surface area contributed by atoms with Gasteiger partial charge in [-0.15, -0.1) is 0 Å². The van der Waals surface area contributed by atoms with Crippen molar-refractivity contribution in [2.24, 2.45) is 11.7 Å². The number of hydrogen-bond donors (Lipinski definition) is 1. The van der Waals surface area contributed by atoms with Crippen molar-refractivity contribution in [1.82, 2.24) is 4.90 Å².